The molecule has 0 bridgehead atoms. The lowest BCUT2D eigenvalue weighted by molar-refractivity contribution is 0.164. The Bertz CT molecular complexity index is 607. The van der Waals surface area contributed by atoms with Crippen LogP contribution in [0, 0.1) is 6.92 Å². The van der Waals surface area contributed by atoms with Gasteiger partial charge in [0.2, 0.25) is 5.89 Å². The number of anilines is 1. The van der Waals surface area contributed by atoms with Crippen LogP contribution < -0.4 is 4.90 Å². The van der Waals surface area contributed by atoms with E-state index in [0.717, 1.165) is 31.2 Å². The minimum atomic E-state index is 0.160. The van der Waals surface area contributed by atoms with Crippen LogP contribution in [0.3, 0.4) is 0 Å². The molecule has 21 heavy (non-hydrogen) atoms. The summed E-state index contributed by atoms with van der Waals surface area (Å²) in [5.74, 6) is 1.39. The number of halogens is 1. The zero-order valence-electron chi connectivity index (χ0n) is 12.3. The summed E-state index contributed by atoms with van der Waals surface area (Å²) in [4.78, 5) is 9.05. The molecule has 0 amide bonds. The molecule has 1 saturated heterocycles. The van der Waals surface area contributed by atoms with Gasteiger partial charge in [-0.25, -0.2) is 0 Å². The average Bonchev–Trinajstić information content (AvgIpc) is 2.93. The summed E-state index contributed by atoms with van der Waals surface area (Å²) in [6.07, 6.45) is 0. The van der Waals surface area contributed by atoms with Crippen LogP contribution in [-0.2, 0) is 0 Å². The van der Waals surface area contributed by atoms with Gasteiger partial charge < -0.3 is 9.42 Å². The molecule has 0 radical (unpaired) electrons. The van der Waals surface area contributed by atoms with Crippen molar-refractivity contribution in [1.82, 2.24) is 15.0 Å². The van der Waals surface area contributed by atoms with E-state index < -0.39 is 0 Å². The van der Waals surface area contributed by atoms with E-state index in [1.807, 2.05) is 25.1 Å². The molecular formula is C15H19ClN4O. The van der Waals surface area contributed by atoms with Gasteiger partial charge in [-0.2, -0.15) is 4.98 Å². The molecule has 112 valence electrons. The van der Waals surface area contributed by atoms with Gasteiger partial charge in [0, 0.05) is 36.9 Å². The molecule has 1 unspecified atom stereocenters. The second-order valence-electron chi connectivity index (χ2n) is 5.36. The van der Waals surface area contributed by atoms with Crippen molar-refractivity contribution in [1.29, 1.82) is 0 Å². The molecule has 0 saturated carbocycles. The highest BCUT2D eigenvalue weighted by Gasteiger charge is 2.25. The van der Waals surface area contributed by atoms with Crippen molar-refractivity contribution in [3.63, 3.8) is 0 Å². The first-order chi connectivity index (χ1) is 10.1. The van der Waals surface area contributed by atoms with Crippen molar-refractivity contribution in [3.05, 3.63) is 41.0 Å². The Morgan fingerprint density at radius 3 is 2.62 bits per heavy atom. The molecule has 0 spiro atoms. The number of hydrogen-bond donors (Lipinski definition) is 0. The highest BCUT2D eigenvalue weighted by Crippen LogP contribution is 2.24. The van der Waals surface area contributed by atoms with Crippen LogP contribution in [0.4, 0.5) is 5.69 Å². The standard InChI is InChI=1S/C15H19ClN4O/c1-11(15-17-12(2)18-21-15)19-6-8-20(9-7-19)14-5-3-4-13(16)10-14/h3-5,10-11H,6-9H2,1-2H3. The Hall–Kier alpha value is -1.59. The molecule has 0 aliphatic carbocycles. The van der Waals surface area contributed by atoms with E-state index in [2.05, 4.69) is 32.9 Å². The number of rotatable bonds is 3. The first-order valence-electron chi connectivity index (χ1n) is 7.18. The monoisotopic (exact) mass is 306 g/mol. The van der Waals surface area contributed by atoms with Crippen LogP contribution in [0.1, 0.15) is 24.7 Å². The molecule has 3 rings (SSSR count). The van der Waals surface area contributed by atoms with Gasteiger partial charge in [0.1, 0.15) is 0 Å². The summed E-state index contributed by atoms with van der Waals surface area (Å²) >= 11 is 6.06. The number of aromatic nitrogens is 2. The second-order valence-corrected chi connectivity index (χ2v) is 5.80. The largest absolute Gasteiger partial charge is 0.369 e. The summed E-state index contributed by atoms with van der Waals surface area (Å²) in [6, 6.07) is 8.18. The summed E-state index contributed by atoms with van der Waals surface area (Å²) in [6.45, 7) is 7.83. The highest BCUT2D eigenvalue weighted by molar-refractivity contribution is 6.30. The maximum absolute atomic E-state index is 6.06. The van der Waals surface area contributed by atoms with Gasteiger partial charge in [-0.1, -0.05) is 22.8 Å². The summed E-state index contributed by atoms with van der Waals surface area (Å²) in [7, 11) is 0. The number of piperazine rings is 1. The Morgan fingerprint density at radius 1 is 1.24 bits per heavy atom. The lowest BCUT2D eigenvalue weighted by Gasteiger charge is -2.38. The zero-order valence-corrected chi connectivity index (χ0v) is 13.0. The summed E-state index contributed by atoms with van der Waals surface area (Å²) < 4.78 is 5.27. The minimum Gasteiger partial charge on any atom is -0.369 e. The predicted octanol–water partition coefficient (Wildman–Crippen LogP) is 2.91. The van der Waals surface area contributed by atoms with Gasteiger partial charge in [0.05, 0.1) is 6.04 Å². The molecular weight excluding hydrogens is 288 g/mol. The van der Waals surface area contributed by atoms with Crippen LogP contribution in [-0.4, -0.2) is 41.2 Å². The van der Waals surface area contributed by atoms with E-state index in [9.17, 15) is 0 Å². The van der Waals surface area contributed by atoms with Gasteiger partial charge in [-0.15, -0.1) is 0 Å². The van der Waals surface area contributed by atoms with Gasteiger partial charge >= 0.3 is 0 Å². The van der Waals surface area contributed by atoms with Crippen molar-refractivity contribution >= 4 is 17.3 Å². The van der Waals surface area contributed by atoms with Crippen molar-refractivity contribution in [3.8, 4) is 0 Å². The smallest absolute Gasteiger partial charge is 0.243 e. The molecule has 6 heteroatoms. The van der Waals surface area contributed by atoms with Gasteiger partial charge in [0.25, 0.3) is 0 Å². The highest BCUT2D eigenvalue weighted by atomic mass is 35.5. The molecule has 1 fully saturated rings. The van der Waals surface area contributed by atoms with E-state index in [4.69, 9.17) is 16.1 Å². The quantitative estimate of drug-likeness (QED) is 0.872. The third-order valence-corrected chi connectivity index (χ3v) is 4.17. The van der Waals surface area contributed by atoms with Crippen LogP contribution in [0.25, 0.3) is 0 Å². The third-order valence-electron chi connectivity index (χ3n) is 3.94. The van der Waals surface area contributed by atoms with Gasteiger partial charge in [-0.3, -0.25) is 4.90 Å². The second kappa shape index (κ2) is 6.03. The zero-order chi connectivity index (χ0) is 14.8. The minimum absolute atomic E-state index is 0.160. The van der Waals surface area contributed by atoms with E-state index in [1.165, 1.54) is 5.69 Å². The predicted molar refractivity (Wildman–Crippen MR) is 82.7 cm³/mol. The normalized spacial score (nSPS) is 18.0. The molecule has 5 nitrogen and oxygen atoms in total. The van der Waals surface area contributed by atoms with Crippen molar-refractivity contribution in [2.24, 2.45) is 0 Å². The Morgan fingerprint density at radius 2 is 2.00 bits per heavy atom. The van der Waals surface area contributed by atoms with Crippen molar-refractivity contribution in [2.45, 2.75) is 19.9 Å². The molecule has 1 atom stereocenters. The van der Waals surface area contributed by atoms with Crippen LogP contribution >= 0.6 is 11.6 Å². The average molecular weight is 307 g/mol. The molecule has 2 heterocycles. The number of benzene rings is 1. The van der Waals surface area contributed by atoms with E-state index in [1.54, 1.807) is 0 Å². The first-order valence-corrected chi connectivity index (χ1v) is 7.56. The maximum Gasteiger partial charge on any atom is 0.243 e. The van der Waals surface area contributed by atoms with E-state index in [0.29, 0.717) is 11.7 Å². The Kier molecular flexibility index (Phi) is 4.12. The Labute approximate surface area is 129 Å². The summed E-state index contributed by atoms with van der Waals surface area (Å²) in [5.41, 5.74) is 1.18. The lowest BCUT2D eigenvalue weighted by Crippen LogP contribution is -2.47. The van der Waals surface area contributed by atoms with Crippen LogP contribution in [0.15, 0.2) is 28.8 Å². The van der Waals surface area contributed by atoms with Gasteiger partial charge in [0.15, 0.2) is 5.82 Å². The fourth-order valence-corrected chi connectivity index (χ4v) is 2.86. The maximum atomic E-state index is 6.06. The molecule has 1 aliphatic heterocycles. The fraction of sp³-hybridized carbons (Fsp3) is 0.467. The SMILES string of the molecule is Cc1noc(C(C)N2CCN(c3cccc(Cl)c3)CC2)n1. The molecule has 0 N–H and O–H groups in total. The first kappa shape index (κ1) is 14.4. The van der Waals surface area contributed by atoms with Crippen molar-refractivity contribution in [2.75, 3.05) is 31.1 Å². The van der Waals surface area contributed by atoms with Crippen LogP contribution in [0.5, 0.6) is 0 Å². The van der Waals surface area contributed by atoms with E-state index >= 15 is 0 Å². The van der Waals surface area contributed by atoms with E-state index in [-0.39, 0.29) is 6.04 Å². The number of nitrogens with zero attached hydrogens (tertiary/aromatic N) is 4. The molecule has 2 aromatic rings. The molecule has 1 aromatic carbocycles. The lowest BCUT2D eigenvalue weighted by atomic mass is 10.2. The summed E-state index contributed by atoms with van der Waals surface area (Å²) in [5, 5.41) is 4.65. The number of hydrogen-bond acceptors (Lipinski definition) is 5. The topological polar surface area (TPSA) is 45.4 Å². The van der Waals surface area contributed by atoms with Crippen LogP contribution in [0.2, 0.25) is 5.02 Å². The van der Waals surface area contributed by atoms with Crippen molar-refractivity contribution < 1.29 is 4.52 Å². The van der Waals surface area contributed by atoms with Gasteiger partial charge in [-0.05, 0) is 32.0 Å². The molecule has 1 aliphatic rings. The number of aryl methyl sites for hydroxylation is 1. The molecule has 1 aromatic heterocycles. The fourth-order valence-electron chi connectivity index (χ4n) is 2.68. The Balaban J connectivity index is 1.62. The third kappa shape index (κ3) is 3.19.